The van der Waals surface area contributed by atoms with E-state index in [9.17, 15) is 18.5 Å². The molecule has 0 unspecified atom stereocenters. The minimum atomic E-state index is -3.55. The zero-order chi connectivity index (χ0) is 20.9. The Kier molecular flexibility index (Phi) is 6.88. The van der Waals surface area contributed by atoms with Crippen LogP contribution in [0.3, 0.4) is 0 Å². The molecule has 0 aliphatic rings. The highest BCUT2D eigenvalue weighted by atomic mass is 32.2. The molecule has 1 heterocycles. The monoisotopic (exact) mass is 419 g/mol. The normalized spacial score (nSPS) is 11.9. The Bertz CT molecular complexity index is 1020. The maximum Gasteiger partial charge on any atom is 0.268 e. The van der Waals surface area contributed by atoms with E-state index in [2.05, 4.69) is 15.5 Å². The smallest absolute Gasteiger partial charge is 0.268 e. The minimum absolute atomic E-state index is 0.0245. The Morgan fingerprint density at radius 3 is 2.46 bits per heavy atom. The fraction of sp³-hybridized carbons (Fsp3) is 0.333. The number of aromatic nitrogens is 2. The fourth-order valence-corrected chi connectivity index (χ4v) is 4.85. The van der Waals surface area contributed by atoms with Gasteiger partial charge in [0.2, 0.25) is 19.3 Å². The van der Waals surface area contributed by atoms with Gasteiger partial charge in [0.05, 0.1) is 5.75 Å². The van der Waals surface area contributed by atoms with Gasteiger partial charge in [-0.05, 0) is 29.7 Å². The van der Waals surface area contributed by atoms with E-state index in [-0.39, 0.29) is 26.7 Å². The van der Waals surface area contributed by atoms with E-state index < -0.39 is 15.7 Å². The lowest BCUT2D eigenvalue weighted by Crippen LogP contribution is -2.13. The second-order valence-electron chi connectivity index (χ2n) is 6.66. The number of benzene rings is 1. The van der Waals surface area contributed by atoms with Gasteiger partial charge >= 0.3 is 0 Å². The van der Waals surface area contributed by atoms with Crippen LogP contribution in [0.25, 0.3) is 6.08 Å². The van der Waals surface area contributed by atoms with Gasteiger partial charge in [-0.15, -0.1) is 10.2 Å². The average Bonchev–Trinajstić information content (AvgIpc) is 3.08. The van der Waals surface area contributed by atoms with Crippen molar-refractivity contribution < 1.29 is 13.2 Å². The van der Waals surface area contributed by atoms with Crippen molar-refractivity contribution in [3.05, 3.63) is 35.4 Å². The first-order valence-electron chi connectivity index (χ1n) is 8.39. The molecule has 0 fully saturated rings. The van der Waals surface area contributed by atoms with E-state index in [1.54, 1.807) is 26.0 Å². The molecule has 1 aromatic carbocycles. The number of nitrogens with one attached hydrogen (secondary N) is 1. The Hall–Kier alpha value is -2.77. The topological polar surface area (TPSA) is 116 Å². The summed E-state index contributed by atoms with van der Waals surface area (Å²) in [7, 11) is 0.277. The highest BCUT2D eigenvalue weighted by Gasteiger charge is 2.22. The molecule has 2 rings (SSSR count). The molecule has 0 aliphatic heterocycles. The first kappa shape index (κ1) is 21.5. The lowest BCUT2D eigenvalue weighted by atomic mass is 10.1. The molecule has 148 valence electrons. The first-order chi connectivity index (χ1) is 13.1. The van der Waals surface area contributed by atoms with Crippen LogP contribution in [-0.4, -0.2) is 44.4 Å². The summed E-state index contributed by atoms with van der Waals surface area (Å²) in [6.45, 7) is 3.58. The quantitative estimate of drug-likeness (QED) is 0.416. The van der Waals surface area contributed by atoms with Crippen molar-refractivity contribution in [3.63, 3.8) is 0 Å². The van der Waals surface area contributed by atoms with Crippen LogP contribution in [0.4, 0.5) is 10.8 Å². The van der Waals surface area contributed by atoms with Crippen LogP contribution >= 0.6 is 11.3 Å². The highest BCUT2D eigenvalue weighted by molar-refractivity contribution is 7.93. The van der Waals surface area contributed by atoms with E-state index in [4.69, 9.17) is 0 Å². The third-order valence-electron chi connectivity index (χ3n) is 3.53. The maximum atomic E-state index is 12.3. The van der Waals surface area contributed by atoms with E-state index >= 15 is 0 Å². The molecule has 1 aromatic heterocycles. The lowest BCUT2D eigenvalue weighted by Gasteiger charge is -2.11. The summed E-state index contributed by atoms with van der Waals surface area (Å²) < 4.78 is 24.2. The molecule has 0 saturated heterocycles. The molecule has 10 heteroatoms. The summed E-state index contributed by atoms with van der Waals surface area (Å²) in [5, 5.41) is 19.1. The number of carbonyl (C=O) groups is 1. The number of hydrogen-bond donors (Lipinski definition) is 1. The molecule has 0 atom stereocenters. The molecule has 0 bridgehead atoms. The van der Waals surface area contributed by atoms with E-state index in [1.165, 1.54) is 6.08 Å². The third kappa shape index (κ3) is 5.61. The van der Waals surface area contributed by atoms with Crippen LogP contribution in [0.1, 0.15) is 19.4 Å². The van der Waals surface area contributed by atoms with Crippen molar-refractivity contribution in [1.82, 2.24) is 10.2 Å². The predicted molar refractivity (Wildman–Crippen MR) is 110 cm³/mol. The number of nitrogens with zero attached hydrogens (tertiary/aromatic N) is 4. The average molecular weight is 420 g/mol. The summed E-state index contributed by atoms with van der Waals surface area (Å²) in [6, 6.07) is 9.17. The summed E-state index contributed by atoms with van der Waals surface area (Å²) in [5.74, 6) is -0.788. The first-order valence-corrected chi connectivity index (χ1v) is 10.9. The van der Waals surface area contributed by atoms with Crippen LogP contribution < -0.4 is 10.2 Å². The number of sulfone groups is 1. The van der Waals surface area contributed by atoms with Crippen LogP contribution in [0.2, 0.25) is 0 Å². The SMILES string of the molecule is CC(C)CS(=O)(=O)c1nnc(NC(=O)C(C#N)=Cc2ccc(N(C)C)cc2)s1. The number of hydrogen-bond acceptors (Lipinski definition) is 8. The molecule has 0 radical (unpaired) electrons. The second kappa shape index (κ2) is 8.95. The Morgan fingerprint density at radius 1 is 1.29 bits per heavy atom. The van der Waals surface area contributed by atoms with Gasteiger partial charge in [0.1, 0.15) is 11.6 Å². The summed E-state index contributed by atoms with van der Waals surface area (Å²) in [6.07, 6.45) is 1.45. The second-order valence-corrected chi connectivity index (χ2v) is 9.84. The van der Waals surface area contributed by atoms with Gasteiger partial charge < -0.3 is 4.90 Å². The fourth-order valence-electron chi connectivity index (χ4n) is 2.24. The number of carbonyl (C=O) groups excluding carboxylic acids is 1. The van der Waals surface area contributed by atoms with Crippen molar-refractivity contribution in [2.45, 2.75) is 18.2 Å². The molecular weight excluding hydrogens is 398 g/mol. The van der Waals surface area contributed by atoms with E-state index in [0.29, 0.717) is 5.56 Å². The zero-order valence-electron chi connectivity index (χ0n) is 16.0. The van der Waals surface area contributed by atoms with Gasteiger partial charge in [0.25, 0.3) is 5.91 Å². The molecule has 0 saturated carbocycles. The summed E-state index contributed by atoms with van der Waals surface area (Å²) in [4.78, 5) is 14.3. The van der Waals surface area contributed by atoms with Crippen molar-refractivity contribution in [2.24, 2.45) is 5.92 Å². The van der Waals surface area contributed by atoms with Gasteiger partial charge in [-0.1, -0.05) is 37.3 Å². The predicted octanol–water partition coefficient (Wildman–Crippen LogP) is 2.58. The molecular formula is C18H21N5O3S2. The minimum Gasteiger partial charge on any atom is -0.378 e. The molecule has 2 aromatic rings. The number of rotatable bonds is 7. The molecule has 1 amide bonds. The molecule has 1 N–H and O–H groups in total. The van der Waals surface area contributed by atoms with Crippen LogP contribution in [-0.2, 0) is 14.6 Å². The lowest BCUT2D eigenvalue weighted by molar-refractivity contribution is -0.112. The van der Waals surface area contributed by atoms with Gasteiger partial charge in [-0.25, -0.2) is 8.42 Å². The highest BCUT2D eigenvalue weighted by Crippen LogP contribution is 2.23. The van der Waals surface area contributed by atoms with Crippen LogP contribution in [0.5, 0.6) is 0 Å². The molecule has 28 heavy (non-hydrogen) atoms. The van der Waals surface area contributed by atoms with E-state index in [1.807, 2.05) is 37.2 Å². The number of nitriles is 1. The number of anilines is 2. The van der Waals surface area contributed by atoms with Crippen molar-refractivity contribution in [2.75, 3.05) is 30.1 Å². The Balaban J connectivity index is 2.16. The van der Waals surface area contributed by atoms with Crippen LogP contribution in [0, 0.1) is 17.2 Å². The largest absolute Gasteiger partial charge is 0.378 e. The van der Waals surface area contributed by atoms with E-state index in [0.717, 1.165) is 17.0 Å². The van der Waals surface area contributed by atoms with Crippen LogP contribution in [0.15, 0.2) is 34.2 Å². The summed E-state index contributed by atoms with van der Waals surface area (Å²) >= 11 is 0.765. The Morgan fingerprint density at radius 2 is 1.93 bits per heavy atom. The van der Waals surface area contributed by atoms with Crippen molar-refractivity contribution in [1.29, 1.82) is 5.26 Å². The van der Waals surface area contributed by atoms with Crippen molar-refractivity contribution >= 4 is 44.0 Å². The standard InChI is InChI=1S/C18H21N5O3S2/c1-12(2)11-28(25,26)18-22-21-17(27-18)20-16(24)14(10-19)9-13-5-7-15(8-6-13)23(3)4/h5-9,12H,11H2,1-4H3,(H,20,21,24). The molecule has 0 aliphatic carbocycles. The number of amides is 1. The van der Waals surface area contributed by atoms with Gasteiger partial charge in [0, 0.05) is 19.8 Å². The van der Waals surface area contributed by atoms with Crippen molar-refractivity contribution in [3.8, 4) is 6.07 Å². The molecule has 0 spiro atoms. The van der Waals surface area contributed by atoms with Gasteiger partial charge in [-0.2, -0.15) is 5.26 Å². The van der Waals surface area contributed by atoms with Gasteiger partial charge in [-0.3, -0.25) is 10.1 Å². The third-order valence-corrected chi connectivity index (χ3v) is 6.90. The van der Waals surface area contributed by atoms with Gasteiger partial charge in [0.15, 0.2) is 0 Å². The molecule has 8 nitrogen and oxygen atoms in total. The Labute approximate surface area is 168 Å². The zero-order valence-corrected chi connectivity index (χ0v) is 17.6. The summed E-state index contributed by atoms with van der Waals surface area (Å²) in [5.41, 5.74) is 1.55. The maximum absolute atomic E-state index is 12.3.